The summed E-state index contributed by atoms with van der Waals surface area (Å²) >= 11 is 1.37. The number of nitrogens with zero attached hydrogens (tertiary/aromatic N) is 3. The van der Waals surface area contributed by atoms with Gasteiger partial charge in [-0.2, -0.15) is 0 Å². The fraction of sp³-hybridized carbons (Fsp3) is 0.296. The van der Waals surface area contributed by atoms with E-state index in [0.29, 0.717) is 22.8 Å². The lowest BCUT2D eigenvalue weighted by Crippen LogP contribution is -2.18. The van der Waals surface area contributed by atoms with Gasteiger partial charge in [0.05, 0.1) is 17.6 Å². The Morgan fingerprint density at radius 1 is 0.971 bits per heavy atom. The van der Waals surface area contributed by atoms with Gasteiger partial charge in [-0.25, -0.2) is 0 Å². The summed E-state index contributed by atoms with van der Waals surface area (Å²) in [5, 5.41) is 12.7. The Morgan fingerprint density at radius 2 is 1.65 bits per heavy atom. The van der Waals surface area contributed by atoms with Crippen molar-refractivity contribution in [3.05, 3.63) is 77.7 Å². The lowest BCUT2D eigenvalue weighted by Gasteiger charge is -2.20. The molecule has 0 atom stereocenters. The number of aryl methyl sites for hydroxylation is 1. The van der Waals surface area contributed by atoms with E-state index in [0.717, 1.165) is 33.8 Å². The summed E-state index contributed by atoms with van der Waals surface area (Å²) in [6.45, 7) is 10.5. The molecule has 1 amide bonds. The average molecular weight is 475 g/mol. The van der Waals surface area contributed by atoms with Crippen LogP contribution in [-0.2, 0) is 4.79 Å². The number of hydrogen-bond donors (Lipinski definition) is 1. The Labute approximate surface area is 204 Å². The van der Waals surface area contributed by atoms with E-state index in [4.69, 9.17) is 4.42 Å². The van der Waals surface area contributed by atoms with Gasteiger partial charge < -0.3 is 9.73 Å². The van der Waals surface area contributed by atoms with Gasteiger partial charge in [0, 0.05) is 11.4 Å². The van der Waals surface area contributed by atoms with E-state index in [9.17, 15) is 4.79 Å². The van der Waals surface area contributed by atoms with Crippen molar-refractivity contribution >= 4 is 23.4 Å². The summed E-state index contributed by atoms with van der Waals surface area (Å²) in [4.78, 5) is 13.1. The van der Waals surface area contributed by atoms with Crippen LogP contribution in [0.2, 0.25) is 0 Å². The maximum absolute atomic E-state index is 13.1. The first-order valence-corrected chi connectivity index (χ1v) is 12.5. The Balaban J connectivity index is 1.60. The number of anilines is 1. The molecule has 7 heteroatoms. The number of hydrogen-bond acceptors (Lipinski definition) is 5. The zero-order valence-electron chi connectivity index (χ0n) is 20.2. The highest BCUT2D eigenvalue weighted by Gasteiger charge is 2.21. The number of aromatic nitrogens is 3. The van der Waals surface area contributed by atoms with Crippen LogP contribution in [0.25, 0.3) is 17.1 Å². The SMILES string of the molecule is Cc1occc1-c1nnc(SCC(=O)Nc2c(C(C)C)cccc2C(C)C)n1-c1ccccc1. The molecule has 2 aromatic carbocycles. The molecule has 1 N–H and O–H groups in total. The summed E-state index contributed by atoms with van der Waals surface area (Å²) in [6, 6.07) is 18.0. The highest BCUT2D eigenvalue weighted by molar-refractivity contribution is 7.99. The summed E-state index contributed by atoms with van der Waals surface area (Å²) in [6.07, 6.45) is 1.65. The highest BCUT2D eigenvalue weighted by Crippen LogP contribution is 2.33. The molecule has 4 rings (SSSR count). The maximum Gasteiger partial charge on any atom is 0.234 e. The van der Waals surface area contributed by atoms with Gasteiger partial charge in [0.2, 0.25) is 5.91 Å². The molecular weight excluding hydrogens is 444 g/mol. The second-order valence-electron chi connectivity index (χ2n) is 8.83. The third kappa shape index (κ3) is 4.94. The molecule has 0 saturated heterocycles. The van der Waals surface area contributed by atoms with Crippen molar-refractivity contribution in [2.75, 3.05) is 11.1 Å². The average Bonchev–Trinajstić information content (AvgIpc) is 3.43. The Bertz CT molecular complexity index is 1250. The number of carbonyl (C=O) groups is 1. The first kappa shape index (κ1) is 23.8. The monoisotopic (exact) mass is 474 g/mol. The molecule has 0 saturated carbocycles. The molecule has 4 aromatic rings. The number of amides is 1. The Kier molecular flexibility index (Phi) is 7.22. The number of furan rings is 1. The third-order valence-electron chi connectivity index (χ3n) is 5.72. The van der Waals surface area contributed by atoms with Gasteiger partial charge in [0.25, 0.3) is 0 Å². The minimum absolute atomic E-state index is 0.0661. The largest absolute Gasteiger partial charge is 0.469 e. The molecule has 0 aliphatic heterocycles. The molecule has 34 heavy (non-hydrogen) atoms. The third-order valence-corrected chi connectivity index (χ3v) is 6.65. The zero-order valence-corrected chi connectivity index (χ0v) is 21.0. The molecule has 176 valence electrons. The van der Waals surface area contributed by atoms with Crippen LogP contribution in [-0.4, -0.2) is 26.4 Å². The van der Waals surface area contributed by atoms with Crippen LogP contribution in [0.15, 0.2) is 70.4 Å². The summed E-state index contributed by atoms with van der Waals surface area (Å²) in [7, 11) is 0. The lowest BCUT2D eigenvalue weighted by atomic mass is 9.92. The van der Waals surface area contributed by atoms with Crippen molar-refractivity contribution in [3.63, 3.8) is 0 Å². The topological polar surface area (TPSA) is 72.9 Å². The van der Waals surface area contributed by atoms with Crippen LogP contribution >= 0.6 is 11.8 Å². The number of nitrogens with one attached hydrogen (secondary N) is 1. The van der Waals surface area contributed by atoms with Crippen LogP contribution in [0.5, 0.6) is 0 Å². The quantitative estimate of drug-likeness (QED) is 0.284. The van der Waals surface area contributed by atoms with Crippen molar-refractivity contribution in [1.82, 2.24) is 14.8 Å². The normalized spacial score (nSPS) is 11.4. The molecule has 0 aliphatic carbocycles. The predicted octanol–water partition coefficient (Wildman–Crippen LogP) is 6.81. The van der Waals surface area contributed by atoms with E-state index in [1.807, 2.05) is 47.9 Å². The van der Waals surface area contributed by atoms with Crippen molar-refractivity contribution in [2.24, 2.45) is 0 Å². The smallest absolute Gasteiger partial charge is 0.234 e. The first-order valence-electron chi connectivity index (χ1n) is 11.5. The van der Waals surface area contributed by atoms with E-state index in [2.05, 4.69) is 61.4 Å². The highest BCUT2D eigenvalue weighted by atomic mass is 32.2. The van der Waals surface area contributed by atoms with Crippen LogP contribution in [0, 0.1) is 6.92 Å². The van der Waals surface area contributed by atoms with Gasteiger partial charge in [-0.05, 0) is 48.1 Å². The van der Waals surface area contributed by atoms with Crippen molar-refractivity contribution < 1.29 is 9.21 Å². The van der Waals surface area contributed by atoms with Gasteiger partial charge >= 0.3 is 0 Å². The van der Waals surface area contributed by atoms with Crippen LogP contribution in [0.1, 0.15) is 56.4 Å². The fourth-order valence-corrected chi connectivity index (χ4v) is 4.72. The number of rotatable bonds is 8. The second-order valence-corrected chi connectivity index (χ2v) is 9.77. The molecule has 0 fully saturated rings. The molecule has 2 heterocycles. The molecule has 2 aromatic heterocycles. The maximum atomic E-state index is 13.1. The number of para-hydroxylation sites is 2. The van der Waals surface area contributed by atoms with Gasteiger partial charge in [-0.3, -0.25) is 9.36 Å². The molecular formula is C27H30N4O2S. The van der Waals surface area contributed by atoms with E-state index in [1.54, 1.807) is 6.26 Å². The van der Waals surface area contributed by atoms with E-state index in [1.165, 1.54) is 11.8 Å². The number of benzene rings is 2. The minimum Gasteiger partial charge on any atom is -0.469 e. The van der Waals surface area contributed by atoms with Crippen molar-refractivity contribution in [3.8, 4) is 17.1 Å². The summed E-state index contributed by atoms with van der Waals surface area (Å²) in [5.74, 6) is 2.23. The number of thioether (sulfide) groups is 1. The molecule has 0 aliphatic rings. The summed E-state index contributed by atoms with van der Waals surface area (Å²) in [5.41, 5.74) is 5.03. The van der Waals surface area contributed by atoms with Crippen molar-refractivity contribution in [2.45, 2.75) is 51.6 Å². The van der Waals surface area contributed by atoms with Crippen molar-refractivity contribution in [1.29, 1.82) is 0 Å². The van der Waals surface area contributed by atoms with E-state index in [-0.39, 0.29) is 11.7 Å². The van der Waals surface area contributed by atoms with Gasteiger partial charge in [-0.15, -0.1) is 10.2 Å². The zero-order chi connectivity index (χ0) is 24.2. The van der Waals surface area contributed by atoms with Gasteiger partial charge in [-0.1, -0.05) is 75.9 Å². The Morgan fingerprint density at radius 3 is 2.24 bits per heavy atom. The molecule has 0 unspecified atom stereocenters. The Hall–Kier alpha value is -3.32. The molecule has 0 spiro atoms. The van der Waals surface area contributed by atoms with E-state index < -0.39 is 0 Å². The van der Waals surface area contributed by atoms with Crippen LogP contribution in [0.3, 0.4) is 0 Å². The fourth-order valence-electron chi connectivity index (χ4n) is 3.97. The molecule has 0 bridgehead atoms. The molecule has 0 radical (unpaired) electrons. The minimum atomic E-state index is -0.0661. The summed E-state index contributed by atoms with van der Waals surface area (Å²) < 4.78 is 7.46. The standard InChI is InChI=1S/C27H30N4O2S/c1-17(2)21-12-9-13-22(18(3)4)25(21)28-24(32)16-34-27-30-29-26(23-14-15-33-19(23)5)31(27)20-10-7-6-8-11-20/h6-15,17-18H,16H2,1-5H3,(H,28,32). The van der Waals surface area contributed by atoms with Gasteiger partial charge in [0.1, 0.15) is 5.76 Å². The van der Waals surface area contributed by atoms with Crippen LogP contribution < -0.4 is 5.32 Å². The van der Waals surface area contributed by atoms with Gasteiger partial charge in [0.15, 0.2) is 11.0 Å². The predicted molar refractivity (Wildman–Crippen MR) is 138 cm³/mol. The molecule has 6 nitrogen and oxygen atoms in total. The van der Waals surface area contributed by atoms with E-state index >= 15 is 0 Å². The first-order chi connectivity index (χ1) is 16.4. The number of carbonyl (C=O) groups excluding carboxylic acids is 1. The lowest BCUT2D eigenvalue weighted by molar-refractivity contribution is -0.113. The van der Waals surface area contributed by atoms with Crippen LogP contribution in [0.4, 0.5) is 5.69 Å². The second kappa shape index (κ2) is 10.3.